The molecule has 3 N–H and O–H groups in total. The van der Waals surface area contributed by atoms with Crippen LogP contribution in [0.5, 0.6) is 5.75 Å². The maximum Gasteiger partial charge on any atom is 0.143 e. The number of fused-ring (bicyclic) bond motifs is 2. The number of rotatable bonds is 4. The van der Waals surface area contributed by atoms with Crippen LogP contribution in [0.3, 0.4) is 0 Å². The summed E-state index contributed by atoms with van der Waals surface area (Å²) in [5, 5.41) is 15.8. The Morgan fingerprint density at radius 2 is 2.03 bits per heavy atom. The van der Waals surface area contributed by atoms with E-state index in [-0.39, 0.29) is 17.9 Å². The highest BCUT2D eigenvalue weighted by molar-refractivity contribution is 5.87. The van der Waals surface area contributed by atoms with Gasteiger partial charge in [0.2, 0.25) is 0 Å². The number of hydrogen-bond acceptors (Lipinski definition) is 6. The Balaban J connectivity index is 1.51. The third-order valence-electron chi connectivity index (χ3n) is 6.15. The van der Waals surface area contributed by atoms with Crippen LogP contribution in [0.1, 0.15) is 30.1 Å². The summed E-state index contributed by atoms with van der Waals surface area (Å²) >= 11 is 0. The van der Waals surface area contributed by atoms with Crippen LogP contribution in [0.2, 0.25) is 0 Å². The largest absolute Gasteiger partial charge is 0.493 e. The molecule has 29 heavy (non-hydrogen) atoms. The van der Waals surface area contributed by atoms with Crippen LogP contribution < -0.4 is 10.1 Å². The lowest BCUT2D eigenvalue weighted by Gasteiger charge is -2.40. The van der Waals surface area contributed by atoms with Crippen LogP contribution in [-0.4, -0.2) is 46.0 Å². The molecule has 3 atom stereocenters. The van der Waals surface area contributed by atoms with Crippen LogP contribution in [0, 0.1) is 18.8 Å². The van der Waals surface area contributed by atoms with E-state index in [0.29, 0.717) is 19.8 Å². The van der Waals surface area contributed by atoms with Crippen molar-refractivity contribution >= 4 is 16.9 Å². The summed E-state index contributed by atoms with van der Waals surface area (Å²) < 4.78 is 11.5. The average molecular weight is 394 g/mol. The molecule has 0 saturated carbocycles. The number of aromatic nitrogens is 3. The van der Waals surface area contributed by atoms with Gasteiger partial charge in [-0.15, -0.1) is 0 Å². The zero-order valence-corrected chi connectivity index (χ0v) is 16.5. The molecule has 2 aliphatic rings. The van der Waals surface area contributed by atoms with Crippen molar-refractivity contribution in [3.8, 4) is 5.75 Å². The normalized spacial score (nSPS) is 23.4. The zero-order chi connectivity index (χ0) is 19.8. The van der Waals surface area contributed by atoms with Crippen LogP contribution in [-0.2, 0) is 4.74 Å². The summed E-state index contributed by atoms with van der Waals surface area (Å²) in [5.41, 5.74) is 2.89. The van der Waals surface area contributed by atoms with Crippen molar-refractivity contribution in [2.45, 2.75) is 31.9 Å². The number of benzene rings is 1. The van der Waals surface area contributed by atoms with Crippen molar-refractivity contribution in [1.82, 2.24) is 15.0 Å². The van der Waals surface area contributed by atoms with Gasteiger partial charge in [-0.2, -0.15) is 0 Å². The van der Waals surface area contributed by atoms with Gasteiger partial charge in [-0.1, -0.05) is 18.2 Å². The molecular formula is C22H26N4O3. The van der Waals surface area contributed by atoms with Crippen LogP contribution >= 0.6 is 0 Å². The first kappa shape index (κ1) is 18.4. The Hall–Kier alpha value is -2.64. The van der Waals surface area contributed by atoms with Gasteiger partial charge in [0.15, 0.2) is 0 Å². The number of aliphatic hydroxyl groups excluding tert-OH is 1. The van der Waals surface area contributed by atoms with Crippen molar-refractivity contribution in [3.05, 3.63) is 47.9 Å². The summed E-state index contributed by atoms with van der Waals surface area (Å²) in [6, 6.07) is 9.98. The number of aryl methyl sites for hydroxylation is 1. The van der Waals surface area contributed by atoms with E-state index in [1.54, 1.807) is 6.33 Å². The van der Waals surface area contributed by atoms with E-state index in [4.69, 9.17) is 9.47 Å². The highest BCUT2D eigenvalue weighted by Gasteiger charge is 2.39. The van der Waals surface area contributed by atoms with Gasteiger partial charge in [0.05, 0.1) is 24.1 Å². The molecule has 0 bridgehead atoms. The molecule has 0 aliphatic carbocycles. The topological polar surface area (TPSA) is 92.3 Å². The lowest BCUT2D eigenvalue weighted by molar-refractivity contribution is -0.0358. The molecule has 5 rings (SSSR count). The number of hydrogen-bond donors (Lipinski definition) is 3. The third kappa shape index (κ3) is 3.45. The van der Waals surface area contributed by atoms with Crippen molar-refractivity contribution < 1.29 is 14.6 Å². The molecule has 0 radical (unpaired) electrons. The van der Waals surface area contributed by atoms with E-state index in [9.17, 15) is 5.11 Å². The van der Waals surface area contributed by atoms with Crippen molar-refractivity contribution in [1.29, 1.82) is 0 Å². The fraction of sp³-hybridized carbons (Fsp3) is 0.455. The fourth-order valence-corrected chi connectivity index (χ4v) is 4.60. The SMILES string of the molecule is Cc1cc2c(NC3c4ccccc4OCC3C(O)C3CCOCC3)ncnc2[nH]1. The van der Waals surface area contributed by atoms with Gasteiger partial charge in [0.25, 0.3) is 0 Å². The molecule has 1 aromatic carbocycles. The molecule has 3 aromatic rings. The summed E-state index contributed by atoms with van der Waals surface area (Å²) in [5.74, 6) is 1.76. The molecule has 4 heterocycles. The monoisotopic (exact) mass is 394 g/mol. The maximum absolute atomic E-state index is 11.3. The quantitative estimate of drug-likeness (QED) is 0.629. The first-order chi connectivity index (χ1) is 14.2. The number of para-hydroxylation sites is 1. The Bertz CT molecular complexity index is 999. The van der Waals surface area contributed by atoms with Gasteiger partial charge in [-0.05, 0) is 37.8 Å². The number of ether oxygens (including phenoxy) is 2. The first-order valence-electron chi connectivity index (χ1n) is 10.2. The smallest absolute Gasteiger partial charge is 0.143 e. The van der Waals surface area contributed by atoms with E-state index in [1.807, 2.05) is 31.2 Å². The number of aliphatic hydroxyl groups is 1. The average Bonchev–Trinajstić information content (AvgIpc) is 3.15. The molecule has 7 nitrogen and oxygen atoms in total. The molecule has 2 aromatic heterocycles. The number of nitrogens with zero attached hydrogens (tertiary/aromatic N) is 2. The number of aromatic amines is 1. The Labute approximate surface area is 169 Å². The number of nitrogens with one attached hydrogen (secondary N) is 2. The summed E-state index contributed by atoms with van der Waals surface area (Å²) in [7, 11) is 0. The van der Waals surface area contributed by atoms with Gasteiger partial charge in [0.1, 0.15) is 23.5 Å². The summed E-state index contributed by atoms with van der Waals surface area (Å²) in [6.07, 6.45) is 2.84. The molecule has 152 valence electrons. The Kier molecular flexibility index (Phi) is 4.85. The summed E-state index contributed by atoms with van der Waals surface area (Å²) in [4.78, 5) is 12.1. The molecule has 7 heteroatoms. The lowest BCUT2D eigenvalue weighted by Crippen LogP contribution is -2.43. The lowest BCUT2D eigenvalue weighted by atomic mass is 9.79. The molecule has 1 fully saturated rings. The minimum absolute atomic E-state index is 0.0851. The van der Waals surface area contributed by atoms with Crippen molar-refractivity contribution in [2.75, 3.05) is 25.1 Å². The van der Waals surface area contributed by atoms with Gasteiger partial charge >= 0.3 is 0 Å². The standard InChI is InChI=1S/C22H26N4O3/c1-13-10-16-21(25-13)23-12-24-22(16)26-19-15-4-2-3-5-18(15)29-11-17(19)20(27)14-6-8-28-9-7-14/h2-5,10,12,14,17,19-20,27H,6-9,11H2,1H3,(H2,23,24,25,26). The van der Waals surface area contributed by atoms with Gasteiger partial charge < -0.3 is 24.9 Å². The zero-order valence-electron chi connectivity index (χ0n) is 16.5. The second-order valence-corrected chi connectivity index (χ2v) is 8.01. The molecule has 0 amide bonds. The Morgan fingerprint density at radius 1 is 1.21 bits per heavy atom. The van der Waals surface area contributed by atoms with Crippen LogP contribution in [0.15, 0.2) is 36.7 Å². The van der Waals surface area contributed by atoms with E-state index in [0.717, 1.165) is 46.7 Å². The van der Waals surface area contributed by atoms with Crippen molar-refractivity contribution in [2.24, 2.45) is 11.8 Å². The van der Waals surface area contributed by atoms with E-state index in [1.165, 1.54) is 0 Å². The second-order valence-electron chi connectivity index (χ2n) is 8.01. The second kappa shape index (κ2) is 7.65. The molecule has 3 unspecified atom stereocenters. The predicted molar refractivity (Wildman–Crippen MR) is 110 cm³/mol. The molecular weight excluding hydrogens is 368 g/mol. The molecule has 1 saturated heterocycles. The maximum atomic E-state index is 11.3. The molecule has 0 spiro atoms. The predicted octanol–water partition coefficient (Wildman–Crippen LogP) is 3.22. The first-order valence-corrected chi connectivity index (χ1v) is 10.2. The van der Waals surface area contributed by atoms with E-state index >= 15 is 0 Å². The van der Waals surface area contributed by atoms with Crippen molar-refractivity contribution in [3.63, 3.8) is 0 Å². The highest BCUT2D eigenvalue weighted by Crippen LogP contribution is 2.42. The fourth-order valence-electron chi connectivity index (χ4n) is 4.60. The van der Waals surface area contributed by atoms with Gasteiger partial charge in [0, 0.05) is 30.4 Å². The van der Waals surface area contributed by atoms with Gasteiger partial charge in [-0.25, -0.2) is 9.97 Å². The minimum atomic E-state index is -0.477. The Morgan fingerprint density at radius 3 is 2.90 bits per heavy atom. The summed E-state index contributed by atoms with van der Waals surface area (Å²) in [6.45, 7) is 3.89. The highest BCUT2D eigenvalue weighted by atomic mass is 16.5. The third-order valence-corrected chi connectivity index (χ3v) is 6.15. The van der Waals surface area contributed by atoms with Gasteiger partial charge in [-0.3, -0.25) is 0 Å². The van der Waals surface area contributed by atoms with E-state index < -0.39 is 6.10 Å². The van der Waals surface area contributed by atoms with E-state index in [2.05, 4.69) is 26.3 Å². The number of anilines is 1. The van der Waals surface area contributed by atoms with Crippen LogP contribution in [0.25, 0.3) is 11.0 Å². The van der Waals surface area contributed by atoms with Crippen LogP contribution in [0.4, 0.5) is 5.82 Å². The number of H-pyrrole nitrogens is 1. The molecule has 2 aliphatic heterocycles. The minimum Gasteiger partial charge on any atom is -0.493 e.